The molecule has 4 aliphatic heterocycles. The first-order chi connectivity index (χ1) is 19.2. The van der Waals surface area contributed by atoms with Gasteiger partial charge in [-0.1, -0.05) is 0 Å². The van der Waals surface area contributed by atoms with Crippen molar-refractivity contribution >= 4 is 28.1 Å². The number of aryl methyl sites for hydroxylation is 1. The van der Waals surface area contributed by atoms with Gasteiger partial charge in [0.05, 0.1) is 16.7 Å². The number of rotatable bonds is 5. The van der Waals surface area contributed by atoms with Gasteiger partial charge in [0.25, 0.3) is 0 Å². The van der Waals surface area contributed by atoms with Gasteiger partial charge in [-0.3, -0.25) is 4.90 Å². The van der Waals surface area contributed by atoms with Crippen LogP contribution in [0.1, 0.15) is 67.9 Å². The van der Waals surface area contributed by atoms with E-state index in [-0.39, 0.29) is 11.0 Å². The van der Waals surface area contributed by atoms with Crippen LogP contribution in [0.3, 0.4) is 0 Å². The Morgan fingerprint density at radius 3 is 2.80 bits per heavy atom. The predicted octanol–water partition coefficient (Wildman–Crippen LogP) is 3.39. The van der Waals surface area contributed by atoms with Crippen molar-refractivity contribution in [1.29, 1.82) is 5.26 Å². The number of hydrogen-bond acceptors (Lipinski definition) is 10. The predicted molar refractivity (Wildman–Crippen MR) is 153 cm³/mol. The molecular weight excluding hydrogens is 529 g/mol. The van der Waals surface area contributed by atoms with E-state index in [1.54, 1.807) is 11.3 Å². The van der Waals surface area contributed by atoms with Gasteiger partial charge in [-0.2, -0.15) is 15.2 Å². The van der Waals surface area contributed by atoms with Crippen LogP contribution in [0.25, 0.3) is 0 Å². The summed E-state index contributed by atoms with van der Waals surface area (Å²) in [5.41, 5.74) is 6.89. The number of piperidine rings is 1. The summed E-state index contributed by atoms with van der Waals surface area (Å²) in [4.78, 5) is 17.6. The fourth-order valence-corrected chi connectivity index (χ4v) is 9.23. The van der Waals surface area contributed by atoms with Gasteiger partial charge in [-0.25, -0.2) is 4.39 Å². The SMILES string of the molecule is C[C@@]1(O)CCCN(c2cc(OC[C@@]34CCCN3C[C@H](F)C4)nc(N3CC4(CCCc5sc(N)c(C#N)c54)C3)n2)C1. The Morgan fingerprint density at radius 2 is 2.00 bits per heavy atom. The van der Waals surface area contributed by atoms with E-state index in [0.717, 1.165) is 82.5 Å². The van der Waals surface area contributed by atoms with Crippen LogP contribution >= 0.6 is 11.3 Å². The number of anilines is 3. The molecule has 0 bridgehead atoms. The first-order valence-electron chi connectivity index (χ1n) is 14.6. The number of ether oxygens (including phenoxy) is 1. The maximum Gasteiger partial charge on any atom is 0.230 e. The molecule has 2 aromatic rings. The van der Waals surface area contributed by atoms with Crippen LogP contribution in [0.15, 0.2) is 6.07 Å². The third-order valence-corrected chi connectivity index (χ3v) is 11.0. The van der Waals surface area contributed by atoms with Crippen molar-refractivity contribution in [2.24, 2.45) is 0 Å². The Kier molecular flexibility index (Phi) is 6.18. The van der Waals surface area contributed by atoms with Crippen molar-refractivity contribution in [3.8, 4) is 11.9 Å². The summed E-state index contributed by atoms with van der Waals surface area (Å²) < 4.78 is 20.8. The van der Waals surface area contributed by atoms with E-state index in [4.69, 9.17) is 20.4 Å². The van der Waals surface area contributed by atoms with Gasteiger partial charge in [0.1, 0.15) is 29.7 Å². The second-order valence-corrected chi connectivity index (χ2v) is 14.1. The van der Waals surface area contributed by atoms with E-state index >= 15 is 0 Å². The summed E-state index contributed by atoms with van der Waals surface area (Å²) in [6, 6.07) is 4.25. The first-order valence-corrected chi connectivity index (χ1v) is 15.5. The molecule has 40 heavy (non-hydrogen) atoms. The van der Waals surface area contributed by atoms with E-state index in [1.165, 1.54) is 4.88 Å². The minimum Gasteiger partial charge on any atom is -0.476 e. The number of aliphatic hydroxyl groups is 1. The van der Waals surface area contributed by atoms with Crippen molar-refractivity contribution in [3.63, 3.8) is 0 Å². The molecule has 0 saturated carbocycles. The number of fused-ring (bicyclic) bond motifs is 3. The number of aromatic nitrogens is 2. The highest BCUT2D eigenvalue weighted by molar-refractivity contribution is 7.16. The molecule has 1 spiro atoms. The van der Waals surface area contributed by atoms with Gasteiger partial charge in [0.15, 0.2) is 0 Å². The normalized spacial score (nSPS) is 31.1. The molecule has 2 aromatic heterocycles. The lowest BCUT2D eigenvalue weighted by Gasteiger charge is -2.52. The molecule has 0 unspecified atom stereocenters. The maximum absolute atomic E-state index is 14.4. The van der Waals surface area contributed by atoms with Crippen molar-refractivity contribution < 1.29 is 14.2 Å². The standard InChI is InChI=1S/C29H38FN7O2S/c1-27(38)6-3-9-35(15-27)22-11-23(39-18-29-8-4-10-37(29)14-19(30)12-29)34-26(33-22)36-16-28(17-36)7-2-5-21-24(28)20(13-31)25(32)40-21/h11,19,38H,2-10,12,14-18,32H2,1H3/t19-,27-,29+/m1/s1. The van der Waals surface area contributed by atoms with Crippen molar-refractivity contribution in [2.45, 2.75) is 81.0 Å². The number of nitrogens with zero attached hydrogens (tertiary/aromatic N) is 6. The maximum atomic E-state index is 14.4. The zero-order valence-electron chi connectivity index (χ0n) is 23.2. The average Bonchev–Trinajstić information content (AvgIpc) is 3.53. The van der Waals surface area contributed by atoms with Crippen LogP contribution in [0.4, 0.5) is 21.2 Å². The molecular formula is C29H38FN7O2S. The van der Waals surface area contributed by atoms with Gasteiger partial charge in [-0.15, -0.1) is 11.3 Å². The van der Waals surface area contributed by atoms with E-state index in [0.29, 0.717) is 48.5 Å². The number of thiophene rings is 1. The summed E-state index contributed by atoms with van der Waals surface area (Å²) in [6.45, 7) is 6.45. The lowest BCUT2D eigenvalue weighted by atomic mass is 9.66. The monoisotopic (exact) mass is 567 g/mol. The Balaban J connectivity index is 1.17. The highest BCUT2D eigenvalue weighted by atomic mass is 32.1. The highest BCUT2D eigenvalue weighted by Crippen LogP contribution is 2.51. The molecule has 3 atom stereocenters. The van der Waals surface area contributed by atoms with Gasteiger partial charge in [-0.05, 0) is 64.0 Å². The van der Waals surface area contributed by atoms with E-state index in [2.05, 4.69) is 20.8 Å². The Hall–Kier alpha value is -2.68. The van der Waals surface area contributed by atoms with Crippen molar-refractivity contribution in [2.75, 3.05) is 61.4 Å². The lowest BCUT2D eigenvalue weighted by Crippen LogP contribution is -2.61. The zero-order valence-corrected chi connectivity index (χ0v) is 24.0. The molecule has 4 fully saturated rings. The third-order valence-electron chi connectivity index (χ3n) is 9.91. The number of nitrogen functional groups attached to an aromatic ring is 1. The molecule has 214 valence electrons. The number of hydrogen-bond donors (Lipinski definition) is 2. The number of nitrogens with two attached hydrogens (primary N) is 1. The highest BCUT2D eigenvalue weighted by Gasteiger charge is 2.51. The molecule has 0 aromatic carbocycles. The van der Waals surface area contributed by atoms with E-state index < -0.39 is 11.8 Å². The summed E-state index contributed by atoms with van der Waals surface area (Å²) in [5, 5.41) is 21.3. The molecule has 3 N–H and O–H groups in total. The molecule has 0 radical (unpaired) electrons. The Morgan fingerprint density at radius 1 is 1.18 bits per heavy atom. The van der Waals surface area contributed by atoms with Crippen LogP contribution in [0, 0.1) is 11.3 Å². The van der Waals surface area contributed by atoms with Gasteiger partial charge in [0.2, 0.25) is 11.8 Å². The van der Waals surface area contributed by atoms with Gasteiger partial charge in [0, 0.05) is 55.5 Å². The largest absolute Gasteiger partial charge is 0.476 e. The van der Waals surface area contributed by atoms with Crippen LogP contribution in [-0.4, -0.2) is 83.2 Å². The summed E-state index contributed by atoms with van der Waals surface area (Å²) in [7, 11) is 0. The van der Waals surface area contributed by atoms with Gasteiger partial charge < -0.3 is 25.4 Å². The smallest absolute Gasteiger partial charge is 0.230 e. The summed E-state index contributed by atoms with van der Waals surface area (Å²) >= 11 is 1.56. The second-order valence-electron chi connectivity index (χ2n) is 13.0. The van der Waals surface area contributed by atoms with Crippen LogP contribution in [-0.2, 0) is 11.8 Å². The minimum atomic E-state index is -0.807. The molecule has 4 saturated heterocycles. The zero-order chi connectivity index (χ0) is 27.7. The quantitative estimate of drug-likeness (QED) is 0.561. The fourth-order valence-electron chi connectivity index (χ4n) is 8.05. The fraction of sp³-hybridized carbons (Fsp3) is 0.690. The molecule has 0 amide bonds. The van der Waals surface area contributed by atoms with E-state index in [9.17, 15) is 14.8 Å². The van der Waals surface area contributed by atoms with Crippen LogP contribution in [0.5, 0.6) is 5.88 Å². The Labute approximate surface area is 238 Å². The number of halogens is 1. The third kappa shape index (κ3) is 4.30. The molecule has 11 heteroatoms. The minimum absolute atomic E-state index is 0.106. The number of β-amino-alcohol motifs (C(OH)–C–C–N with tert-alkyl or cyclic N) is 1. The molecule has 1 aliphatic carbocycles. The van der Waals surface area contributed by atoms with Crippen molar-refractivity contribution in [3.05, 3.63) is 22.1 Å². The summed E-state index contributed by atoms with van der Waals surface area (Å²) in [6.07, 6.45) is 6.42. The molecule has 7 rings (SSSR count). The summed E-state index contributed by atoms with van der Waals surface area (Å²) in [5.74, 6) is 1.85. The number of alkyl halides is 1. The topological polar surface area (TPSA) is 115 Å². The van der Waals surface area contributed by atoms with Crippen LogP contribution in [0.2, 0.25) is 0 Å². The lowest BCUT2D eigenvalue weighted by molar-refractivity contribution is 0.0446. The molecule has 5 aliphatic rings. The second kappa shape index (κ2) is 9.43. The first kappa shape index (κ1) is 26.2. The van der Waals surface area contributed by atoms with Crippen LogP contribution < -0.4 is 20.3 Å². The van der Waals surface area contributed by atoms with E-state index in [1.807, 2.05) is 13.0 Å². The molecule has 6 heterocycles. The molecule has 9 nitrogen and oxygen atoms in total. The average molecular weight is 568 g/mol. The van der Waals surface area contributed by atoms with Gasteiger partial charge >= 0.3 is 0 Å². The number of nitriles is 1. The Bertz CT molecular complexity index is 1350. The van der Waals surface area contributed by atoms with Crippen molar-refractivity contribution in [1.82, 2.24) is 14.9 Å².